The van der Waals surface area contributed by atoms with E-state index >= 15 is 0 Å². The van der Waals surface area contributed by atoms with E-state index < -0.39 is 0 Å². The van der Waals surface area contributed by atoms with Crippen LogP contribution in [-0.4, -0.2) is 23.6 Å². The Labute approximate surface area is 77.0 Å². The Balaban J connectivity index is 2.16. The van der Waals surface area contributed by atoms with Gasteiger partial charge < -0.3 is 0 Å². The van der Waals surface area contributed by atoms with Crippen molar-refractivity contribution < 1.29 is 4.79 Å². The monoisotopic (exact) mass is 186 g/mol. The van der Waals surface area contributed by atoms with Crippen molar-refractivity contribution in [3.8, 4) is 0 Å². The van der Waals surface area contributed by atoms with Crippen LogP contribution in [0.15, 0.2) is 5.10 Å². The molecule has 0 bridgehead atoms. The van der Waals surface area contributed by atoms with Gasteiger partial charge in [0.1, 0.15) is 0 Å². The molecule has 12 heavy (non-hydrogen) atoms. The second-order valence-electron chi connectivity index (χ2n) is 3.16. The standard InChI is InChI=1S/C8H14N2OS/c1-6-3-7(4-6)9-10-8(11)5-12-2/h6H,3-5H2,1-2H3,(H,10,11). The molecule has 1 aliphatic rings. The molecule has 4 heteroatoms. The molecule has 3 nitrogen and oxygen atoms in total. The van der Waals surface area contributed by atoms with Crippen LogP contribution in [0, 0.1) is 5.92 Å². The molecule has 0 spiro atoms. The Morgan fingerprint density at radius 3 is 2.92 bits per heavy atom. The fraction of sp³-hybridized carbons (Fsp3) is 0.750. The second-order valence-corrected chi connectivity index (χ2v) is 4.03. The van der Waals surface area contributed by atoms with Crippen LogP contribution in [-0.2, 0) is 4.79 Å². The van der Waals surface area contributed by atoms with Gasteiger partial charge in [-0.25, -0.2) is 5.43 Å². The van der Waals surface area contributed by atoms with E-state index in [1.54, 1.807) is 0 Å². The summed E-state index contributed by atoms with van der Waals surface area (Å²) in [5.74, 6) is 1.24. The molecular weight excluding hydrogens is 172 g/mol. The van der Waals surface area contributed by atoms with Gasteiger partial charge in [0.15, 0.2) is 0 Å². The zero-order valence-corrected chi connectivity index (χ0v) is 8.28. The van der Waals surface area contributed by atoms with Crippen molar-refractivity contribution in [1.82, 2.24) is 5.43 Å². The van der Waals surface area contributed by atoms with Crippen LogP contribution >= 0.6 is 11.8 Å². The zero-order valence-electron chi connectivity index (χ0n) is 7.46. The fourth-order valence-electron chi connectivity index (χ4n) is 1.14. The summed E-state index contributed by atoms with van der Waals surface area (Å²) in [5.41, 5.74) is 3.66. The molecule has 68 valence electrons. The van der Waals surface area contributed by atoms with E-state index in [2.05, 4.69) is 17.5 Å². The lowest BCUT2D eigenvalue weighted by molar-refractivity contribution is -0.118. The van der Waals surface area contributed by atoms with E-state index in [0.29, 0.717) is 5.75 Å². The minimum absolute atomic E-state index is 0.00504. The summed E-state index contributed by atoms with van der Waals surface area (Å²) < 4.78 is 0. The Morgan fingerprint density at radius 1 is 1.75 bits per heavy atom. The van der Waals surface area contributed by atoms with Gasteiger partial charge in [0.2, 0.25) is 5.91 Å². The van der Waals surface area contributed by atoms with Gasteiger partial charge in [-0.1, -0.05) is 6.92 Å². The molecule has 0 aliphatic heterocycles. The minimum atomic E-state index is -0.00504. The number of thioether (sulfide) groups is 1. The Kier molecular flexibility index (Phi) is 3.59. The summed E-state index contributed by atoms with van der Waals surface area (Å²) in [5, 5.41) is 4.00. The molecule has 0 aromatic heterocycles. The highest BCUT2D eigenvalue weighted by molar-refractivity contribution is 7.99. The summed E-state index contributed by atoms with van der Waals surface area (Å²) in [6.07, 6.45) is 3.98. The van der Waals surface area contributed by atoms with Crippen LogP contribution in [0.5, 0.6) is 0 Å². The van der Waals surface area contributed by atoms with Crippen LogP contribution in [0.2, 0.25) is 0 Å². The molecule has 1 saturated carbocycles. The number of nitrogens with zero attached hydrogens (tertiary/aromatic N) is 1. The summed E-state index contributed by atoms with van der Waals surface area (Å²) in [7, 11) is 0. The third-order valence-corrected chi connectivity index (χ3v) is 2.33. The molecule has 0 unspecified atom stereocenters. The third kappa shape index (κ3) is 2.85. The number of nitrogens with one attached hydrogen (secondary N) is 1. The first-order chi connectivity index (χ1) is 5.72. The topological polar surface area (TPSA) is 41.5 Å². The largest absolute Gasteiger partial charge is 0.272 e. The Hall–Kier alpha value is -0.510. The third-order valence-electron chi connectivity index (χ3n) is 1.78. The van der Waals surface area contributed by atoms with Gasteiger partial charge in [-0.2, -0.15) is 16.9 Å². The van der Waals surface area contributed by atoms with Crippen LogP contribution in [0.1, 0.15) is 19.8 Å². The normalized spacial score (nSPS) is 21.5. The maximum absolute atomic E-state index is 10.9. The van der Waals surface area contributed by atoms with E-state index in [1.807, 2.05) is 6.26 Å². The van der Waals surface area contributed by atoms with Crippen molar-refractivity contribution in [2.45, 2.75) is 19.8 Å². The predicted octanol–water partition coefficient (Wildman–Crippen LogP) is 1.25. The highest BCUT2D eigenvalue weighted by Gasteiger charge is 2.19. The fourth-order valence-corrected chi connectivity index (χ4v) is 1.47. The van der Waals surface area contributed by atoms with Gasteiger partial charge in [0.05, 0.1) is 5.75 Å². The van der Waals surface area contributed by atoms with Crippen molar-refractivity contribution in [3.05, 3.63) is 0 Å². The smallest absolute Gasteiger partial charge is 0.250 e. The van der Waals surface area contributed by atoms with Crippen LogP contribution < -0.4 is 5.43 Å². The number of hydrazone groups is 1. The van der Waals surface area contributed by atoms with E-state index in [9.17, 15) is 4.79 Å². The van der Waals surface area contributed by atoms with Crippen LogP contribution in [0.4, 0.5) is 0 Å². The minimum Gasteiger partial charge on any atom is -0.272 e. The molecule has 0 heterocycles. The van der Waals surface area contributed by atoms with Crippen LogP contribution in [0.3, 0.4) is 0 Å². The number of hydrogen-bond acceptors (Lipinski definition) is 3. The maximum atomic E-state index is 10.9. The quantitative estimate of drug-likeness (QED) is 0.674. The molecule has 1 amide bonds. The van der Waals surface area contributed by atoms with Crippen molar-refractivity contribution in [3.63, 3.8) is 0 Å². The molecule has 0 aromatic carbocycles. The zero-order chi connectivity index (χ0) is 8.97. The van der Waals surface area contributed by atoms with Crippen molar-refractivity contribution in [1.29, 1.82) is 0 Å². The Bertz CT molecular complexity index is 195. The molecule has 0 radical (unpaired) electrons. The van der Waals surface area contributed by atoms with Crippen molar-refractivity contribution in [2.75, 3.05) is 12.0 Å². The number of hydrogen-bond donors (Lipinski definition) is 1. The summed E-state index contributed by atoms with van der Waals surface area (Å²) in [6, 6.07) is 0. The summed E-state index contributed by atoms with van der Waals surface area (Å²) in [6.45, 7) is 2.18. The van der Waals surface area contributed by atoms with Gasteiger partial charge in [-0.05, 0) is 25.0 Å². The first-order valence-corrected chi connectivity index (χ1v) is 5.45. The number of amides is 1. The van der Waals surface area contributed by atoms with Crippen molar-refractivity contribution in [2.24, 2.45) is 11.0 Å². The molecular formula is C8H14N2OS. The highest BCUT2D eigenvalue weighted by Crippen LogP contribution is 2.22. The number of carbonyl (C=O) groups is 1. The maximum Gasteiger partial charge on any atom is 0.250 e. The average molecular weight is 186 g/mol. The highest BCUT2D eigenvalue weighted by atomic mass is 32.2. The second kappa shape index (κ2) is 4.50. The van der Waals surface area contributed by atoms with E-state index in [4.69, 9.17) is 0 Å². The lowest BCUT2D eigenvalue weighted by Crippen LogP contribution is -2.27. The van der Waals surface area contributed by atoms with Gasteiger partial charge in [-0.3, -0.25) is 4.79 Å². The molecule has 1 N–H and O–H groups in total. The van der Waals surface area contributed by atoms with Gasteiger partial charge in [0, 0.05) is 5.71 Å². The van der Waals surface area contributed by atoms with E-state index in [0.717, 1.165) is 24.5 Å². The molecule has 0 atom stereocenters. The first kappa shape index (κ1) is 9.58. The average Bonchev–Trinajstić information content (AvgIpc) is 1.96. The molecule has 1 aliphatic carbocycles. The predicted molar refractivity (Wildman–Crippen MR) is 52.4 cm³/mol. The van der Waals surface area contributed by atoms with Gasteiger partial charge >= 0.3 is 0 Å². The Morgan fingerprint density at radius 2 is 2.42 bits per heavy atom. The molecule has 0 saturated heterocycles. The van der Waals surface area contributed by atoms with Gasteiger partial charge in [0.25, 0.3) is 0 Å². The molecule has 1 fully saturated rings. The lowest BCUT2D eigenvalue weighted by atomic mass is 9.85. The lowest BCUT2D eigenvalue weighted by Gasteiger charge is -2.23. The first-order valence-electron chi connectivity index (χ1n) is 4.05. The van der Waals surface area contributed by atoms with Crippen molar-refractivity contribution >= 4 is 23.4 Å². The SMILES string of the molecule is CSCC(=O)NN=C1CC(C)C1. The summed E-state index contributed by atoms with van der Waals surface area (Å²) >= 11 is 1.51. The van der Waals surface area contributed by atoms with E-state index in [1.165, 1.54) is 11.8 Å². The number of rotatable bonds is 3. The molecule has 0 aromatic rings. The number of carbonyl (C=O) groups excluding carboxylic acids is 1. The molecule has 1 rings (SSSR count). The summed E-state index contributed by atoms with van der Waals surface area (Å²) in [4.78, 5) is 10.9. The van der Waals surface area contributed by atoms with E-state index in [-0.39, 0.29) is 5.91 Å². The van der Waals surface area contributed by atoms with Gasteiger partial charge in [-0.15, -0.1) is 0 Å². The van der Waals surface area contributed by atoms with Crippen LogP contribution in [0.25, 0.3) is 0 Å².